The first kappa shape index (κ1) is 16.3. The smallest absolute Gasteiger partial charge is 0.238 e. The van der Waals surface area contributed by atoms with Crippen LogP contribution in [0.5, 0.6) is 0 Å². The van der Waals surface area contributed by atoms with E-state index < -0.39 is 21.0 Å². The van der Waals surface area contributed by atoms with Gasteiger partial charge in [-0.15, -0.1) is 0 Å². The molecule has 1 aliphatic rings. The number of hydrogen-bond acceptors (Lipinski definition) is 3. The van der Waals surface area contributed by atoms with Crippen LogP contribution in [0, 0.1) is 0 Å². The number of benzene rings is 1. The molecule has 4 nitrogen and oxygen atoms in total. The van der Waals surface area contributed by atoms with Crippen LogP contribution in [0.2, 0.25) is 5.02 Å². The maximum atomic E-state index is 12.3. The Balaban J connectivity index is 2.02. The molecule has 0 saturated heterocycles. The average molecular weight is 330 g/mol. The van der Waals surface area contributed by atoms with Crippen LogP contribution in [0.25, 0.3) is 0 Å². The van der Waals surface area contributed by atoms with Crippen molar-refractivity contribution in [2.45, 2.75) is 49.7 Å². The highest BCUT2D eigenvalue weighted by atomic mass is 35.5. The summed E-state index contributed by atoms with van der Waals surface area (Å²) in [5, 5.41) is 2.28. The lowest BCUT2D eigenvalue weighted by Crippen LogP contribution is -2.42. The Labute approximate surface area is 130 Å². The molecular weight excluding hydrogens is 310 g/mol. The third kappa shape index (κ3) is 4.45. The zero-order chi connectivity index (χ0) is 15.5. The van der Waals surface area contributed by atoms with Crippen LogP contribution in [0.15, 0.2) is 24.3 Å². The van der Waals surface area contributed by atoms with Crippen LogP contribution in [-0.2, 0) is 20.4 Å². The van der Waals surface area contributed by atoms with Gasteiger partial charge < -0.3 is 5.32 Å². The molecular formula is C15H20ClNO3S. The molecule has 0 radical (unpaired) electrons. The minimum Gasteiger partial charge on any atom is -0.352 e. The summed E-state index contributed by atoms with van der Waals surface area (Å²) in [6.45, 7) is 1.45. The standard InChI is InChI=1S/C15H20ClNO3S/c1-11(15(18)17-14-7-2-3-8-14)21(19,20)10-12-5-4-6-13(16)9-12/h4-6,9,11,14H,2-3,7-8,10H2,1H3,(H,17,18)/t11-/m1/s1. The third-order valence-electron chi connectivity index (χ3n) is 3.87. The van der Waals surface area contributed by atoms with Crippen LogP contribution in [0.3, 0.4) is 0 Å². The van der Waals surface area contributed by atoms with Crippen molar-refractivity contribution in [2.75, 3.05) is 0 Å². The highest BCUT2D eigenvalue weighted by Crippen LogP contribution is 2.19. The Hall–Kier alpha value is -1.07. The number of amides is 1. The molecule has 1 fully saturated rings. The van der Waals surface area contributed by atoms with Gasteiger partial charge in [-0.25, -0.2) is 8.42 Å². The lowest BCUT2D eigenvalue weighted by molar-refractivity contribution is -0.121. The lowest BCUT2D eigenvalue weighted by atomic mass is 10.2. The van der Waals surface area contributed by atoms with E-state index in [1.54, 1.807) is 24.3 Å². The van der Waals surface area contributed by atoms with E-state index in [-0.39, 0.29) is 11.8 Å². The predicted molar refractivity (Wildman–Crippen MR) is 83.9 cm³/mol. The van der Waals surface area contributed by atoms with Crippen molar-refractivity contribution in [2.24, 2.45) is 0 Å². The molecule has 1 aromatic carbocycles. The van der Waals surface area contributed by atoms with Crippen LogP contribution < -0.4 is 5.32 Å². The zero-order valence-electron chi connectivity index (χ0n) is 12.0. The molecule has 0 aromatic heterocycles. The molecule has 1 saturated carbocycles. The van der Waals surface area contributed by atoms with Gasteiger partial charge in [0, 0.05) is 11.1 Å². The molecule has 0 heterocycles. The minimum atomic E-state index is -3.54. The second kappa shape index (κ2) is 6.79. The summed E-state index contributed by atoms with van der Waals surface area (Å²) in [6.07, 6.45) is 4.06. The van der Waals surface area contributed by atoms with Gasteiger partial charge in [0.15, 0.2) is 9.84 Å². The number of sulfone groups is 1. The number of carbonyl (C=O) groups excluding carboxylic acids is 1. The summed E-state index contributed by atoms with van der Waals surface area (Å²) in [4.78, 5) is 12.1. The minimum absolute atomic E-state index is 0.126. The molecule has 1 N–H and O–H groups in total. The van der Waals surface area contributed by atoms with E-state index >= 15 is 0 Å². The van der Waals surface area contributed by atoms with Crippen molar-refractivity contribution in [1.82, 2.24) is 5.32 Å². The Bertz CT molecular complexity index is 609. The second-order valence-corrected chi connectivity index (χ2v) is 8.33. The summed E-state index contributed by atoms with van der Waals surface area (Å²) in [7, 11) is -3.54. The first-order valence-electron chi connectivity index (χ1n) is 7.15. The Morgan fingerprint density at radius 3 is 2.67 bits per heavy atom. The Kier molecular flexibility index (Phi) is 5.27. The van der Waals surface area contributed by atoms with Gasteiger partial charge in [0.2, 0.25) is 5.91 Å². The second-order valence-electron chi connectivity index (χ2n) is 5.57. The van der Waals surface area contributed by atoms with E-state index in [0.29, 0.717) is 10.6 Å². The summed E-state index contributed by atoms with van der Waals surface area (Å²) >= 11 is 5.86. The summed E-state index contributed by atoms with van der Waals surface area (Å²) in [6, 6.07) is 6.83. The van der Waals surface area contributed by atoms with E-state index in [1.807, 2.05) is 0 Å². The monoisotopic (exact) mass is 329 g/mol. The van der Waals surface area contributed by atoms with Crippen LogP contribution in [0.1, 0.15) is 38.2 Å². The average Bonchev–Trinajstić information content (AvgIpc) is 2.90. The van der Waals surface area contributed by atoms with Gasteiger partial charge >= 0.3 is 0 Å². The number of carbonyl (C=O) groups is 1. The number of hydrogen-bond donors (Lipinski definition) is 1. The van der Waals surface area contributed by atoms with Gasteiger partial charge in [0.1, 0.15) is 5.25 Å². The van der Waals surface area contributed by atoms with Crippen LogP contribution in [0.4, 0.5) is 0 Å². The molecule has 1 amide bonds. The fourth-order valence-electron chi connectivity index (χ4n) is 2.54. The highest BCUT2D eigenvalue weighted by molar-refractivity contribution is 7.92. The molecule has 116 valence electrons. The van der Waals surface area contributed by atoms with E-state index in [0.717, 1.165) is 25.7 Å². The van der Waals surface area contributed by atoms with Crippen molar-refractivity contribution in [3.8, 4) is 0 Å². The normalized spacial score (nSPS) is 17.6. The topological polar surface area (TPSA) is 63.2 Å². The number of rotatable bonds is 5. The van der Waals surface area contributed by atoms with Gasteiger partial charge in [-0.1, -0.05) is 36.6 Å². The highest BCUT2D eigenvalue weighted by Gasteiger charge is 2.30. The van der Waals surface area contributed by atoms with Crippen molar-refractivity contribution in [3.63, 3.8) is 0 Å². The molecule has 21 heavy (non-hydrogen) atoms. The van der Waals surface area contributed by atoms with Crippen LogP contribution >= 0.6 is 11.6 Å². The van der Waals surface area contributed by atoms with Gasteiger partial charge in [-0.05, 0) is 37.5 Å². The van der Waals surface area contributed by atoms with Crippen molar-refractivity contribution in [3.05, 3.63) is 34.9 Å². The maximum Gasteiger partial charge on any atom is 0.238 e. The molecule has 0 spiro atoms. The summed E-state index contributed by atoms with van der Waals surface area (Å²) in [5.41, 5.74) is 0.600. The fraction of sp³-hybridized carbons (Fsp3) is 0.533. The van der Waals surface area contributed by atoms with Crippen molar-refractivity contribution < 1.29 is 13.2 Å². The SMILES string of the molecule is C[C@H](C(=O)NC1CCCC1)S(=O)(=O)Cc1cccc(Cl)c1. The molecule has 0 bridgehead atoms. The van der Waals surface area contributed by atoms with Gasteiger partial charge in [-0.2, -0.15) is 0 Å². The van der Waals surface area contributed by atoms with Crippen molar-refractivity contribution >= 4 is 27.3 Å². The van der Waals surface area contributed by atoms with E-state index in [2.05, 4.69) is 5.32 Å². The van der Waals surface area contributed by atoms with E-state index in [9.17, 15) is 13.2 Å². The van der Waals surface area contributed by atoms with Gasteiger partial charge in [0.05, 0.1) is 5.75 Å². The first-order chi connectivity index (χ1) is 9.88. The van der Waals surface area contributed by atoms with Crippen LogP contribution in [-0.4, -0.2) is 25.6 Å². The van der Waals surface area contributed by atoms with Crippen molar-refractivity contribution in [1.29, 1.82) is 0 Å². The molecule has 0 aliphatic heterocycles. The van der Waals surface area contributed by atoms with Gasteiger partial charge in [0.25, 0.3) is 0 Å². The third-order valence-corrected chi connectivity index (χ3v) is 6.13. The Morgan fingerprint density at radius 2 is 2.05 bits per heavy atom. The maximum absolute atomic E-state index is 12.3. The molecule has 2 rings (SSSR count). The van der Waals surface area contributed by atoms with E-state index in [1.165, 1.54) is 6.92 Å². The molecule has 0 unspecified atom stereocenters. The molecule has 1 aromatic rings. The molecule has 6 heteroatoms. The number of halogens is 1. The zero-order valence-corrected chi connectivity index (χ0v) is 13.6. The fourth-order valence-corrected chi connectivity index (χ4v) is 4.04. The van der Waals surface area contributed by atoms with Gasteiger partial charge in [-0.3, -0.25) is 4.79 Å². The summed E-state index contributed by atoms with van der Waals surface area (Å²) < 4.78 is 24.6. The molecule has 1 atom stereocenters. The lowest BCUT2D eigenvalue weighted by Gasteiger charge is -2.17. The quantitative estimate of drug-likeness (QED) is 0.903. The first-order valence-corrected chi connectivity index (χ1v) is 9.24. The number of nitrogens with one attached hydrogen (secondary N) is 1. The predicted octanol–water partition coefficient (Wildman–Crippen LogP) is 2.70. The Morgan fingerprint density at radius 1 is 1.38 bits per heavy atom. The largest absolute Gasteiger partial charge is 0.352 e. The summed E-state index contributed by atoms with van der Waals surface area (Å²) in [5.74, 6) is -0.573. The molecule has 1 aliphatic carbocycles. The van der Waals surface area contributed by atoms with E-state index in [4.69, 9.17) is 11.6 Å².